The second-order valence-electron chi connectivity index (χ2n) is 3.44. The normalized spacial score (nSPS) is 20.3. The van der Waals surface area contributed by atoms with E-state index in [1.807, 2.05) is 6.08 Å². The summed E-state index contributed by atoms with van der Waals surface area (Å²) >= 11 is 0. The van der Waals surface area contributed by atoms with E-state index in [1.54, 1.807) is 0 Å². The zero-order chi connectivity index (χ0) is 9.52. The highest BCUT2D eigenvalue weighted by Gasteiger charge is 2.18. The Morgan fingerprint density at radius 2 is 2.08 bits per heavy atom. The first-order valence-corrected chi connectivity index (χ1v) is 4.92. The Labute approximate surface area is 79.9 Å². The van der Waals surface area contributed by atoms with Gasteiger partial charge in [0.05, 0.1) is 6.04 Å². The molecule has 0 spiro atoms. The van der Waals surface area contributed by atoms with Crippen molar-refractivity contribution >= 4 is 6.29 Å². The van der Waals surface area contributed by atoms with Crippen LogP contribution in [0.15, 0.2) is 18.4 Å². The predicted molar refractivity (Wildman–Crippen MR) is 53.6 cm³/mol. The average Bonchev–Trinajstić information content (AvgIpc) is 2.21. The lowest BCUT2D eigenvalue weighted by Gasteiger charge is -2.30. The number of carbonyl (C=O) groups excluding carboxylic acids is 1. The van der Waals surface area contributed by atoms with Gasteiger partial charge >= 0.3 is 0 Å². The van der Waals surface area contributed by atoms with E-state index in [0.717, 1.165) is 25.8 Å². The summed E-state index contributed by atoms with van der Waals surface area (Å²) in [5.74, 6) is 0. The van der Waals surface area contributed by atoms with E-state index in [-0.39, 0.29) is 6.04 Å². The minimum absolute atomic E-state index is 0.0505. The van der Waals surface area contributed by atoms with Crippen LogP contribution in [0.3, 0.4) is 0 Å². The van der Waals surface area contributed by atoms with Crippen LogP contribution in [-0.2, 0) is 4.79 Å². The average molecular weight is 179 g/mol. The van der Waals surface area contributed by atoms with Gasteiger partial charge in [-0.2, -0.15) is 0 Å². The van der Waals surface area contributed by atoms with Crippen molar-refractivity contribution in [1.82, 2.24) is 4.90 Å². The van der Waals surface area contributed by atoms with E-state index in [9.17, 15) is 4.79 Å². The van der Waals surface area contributed by atoms with Crippen molar-refractivity contribution in [2.24, 2.45) is 0 Å². The van der Waals surface area contributed by atoms with Gasteiger partial charge < -0.3 is 4.79 Å². The maximum Gasteiger partial charge on any atom is 0.137 e. The second-order valence-corrected chi connectivity index (χ2v) is 3.44. The minimum atomic E-state index is 0.0505. The molecule has 0 aromatic heterocycles. The van der Waals surface area contributed by atoms with Crippen molar-refractivity contribution in [2.75, 3.05) is 13.1 Å². The maximum atomic E-state index is 10.8. The van der Waals surface area contributed by atoms with Crippen molar-refractivity contribution in [1.29, 1.82) is 0 Å². The van der Waals surface area contributed by atoms with E-state index in [1.165, 1.54) is 19.3 Å². The molecule has 1 heterocycles. The first-order valence-electron chi connectivity index (χ1n) is 4.92. The molecule has 2 heteroatoms. The van der Waals surface area contributed by atoms with Gasteiger partial charge in [-0.05, 0) is 38.4 Å². The fraction of sp³-hybridized carbons (Fsp3) is 0.636. The number of carbonyl (C=O) groups is 1. The first-order chi connectivity index (χ1) is 6.38. The summed E-state index contributed by atoms with van der Waals surface area (Å²) < 4.78 is 0. The molecule has 0 radical (unpaired) electrons. The SMILES string of the molecule is C=C=CCC(C=O)N1CCCCC1. The first kappa shape index (κ1) is 10.2. The van der Waals surface area contributed by atoms with Gasteiger partial charge in [-0.3, -0.25) is 4.90 Å². The number of piperidine rings is 1. The van der Waals surface area contributed by atoms with Gasteiger partial charge in [0.2, 0.25) is 0 Å². The third kappa shape index (κ3) is 3.17. The second kappa shape index (κ2) is 5.74. The van der Waals surface area contributed by atoms with Crippen LogP contribution < -0.4 is 0 Å². The Kier molecular flexibility index (Phi) is 4.52. The fourth-order valence-corrected chi connectivity index (χ4v) is 1.74. The summed E-state index contributed by atoms with van der Waals surface area (Å²) in [5.41, 5.74) is 2.71. The van der Waals surface area contributed by atoms with E-state index >= 15 is 0 Å². The highest BCUT2D eigenvalue weighted by Crippen LogP contribution is 2.13. The van der Waals surface area contributed by atoms with Crippen molar-refractivity contribution in [3.63, 3.8) is 0 Å². The van der Waals surface area contributed by atoms with Crippen molar-refractivity contribution < 1.29 is 4.79 Å². The minimum Gasteiger partial charge on any atom is -0.302 e. The summed E-state index contributed by atoms with van der Waals surface area (Å²) in [7, 11) is 0. The van der Waals surface area contributed by atoms with Gasteiger partial charge in [0, 0.05) is 0 Å². The molecule has 2 nitrogen and oxygen atoms in total. The van der Waals surface area contributed by atoms with E-state index in [0.29, 0.717) is 0 Å². The number of likely N-dealkylation sites (tertiary alicyclic amines) is 1. The quantitative estimate of drug-likeness (QED) is 0.484. The van der Waals surface area contributed by atoms with Crippen LogP contribution in [0.25, 0.3) is 0 Å². The lowest BCUT2D eigenvalue weighted by molar-refractivity contribution is -0.112. The number of aldehydes is 1. The zero-order valence-corrected chi connectivity index (χ0v) is 8.04. The number of nitrogens with zero attached hydrogens (tertiary/aromatic N) is 1. The van der Waals surface area contributed by atoms with Crippen LogP contribution in [0.4, 0.5) is 0 Å². The molecule has 1 rings (SSSR count). The highest BCUT2D eigenvalue weighted by atomic mass is 16.1. The molecule has 1 atom stereocenters. The molecular weight excluding hydrogens is 162 g/mol. The molecule has 1 aliphatic heterocycles. The van der Waals surface area contributed by atoms with Gasteiger partial charge in [0.15, 0.2) is 0 Å². The molecule has 0 saturated carbocycles. The molecule has 1 saturated heterocycles. The van der Waals surface area contributed by atoms with Crippen LogP contribution in [-0.4, -0.2) is 30.3 Å². The summed E-state index contributed by atoms with van der Waals surface area (Å²) in [6.45, 7) is 5.62. The highest BCUT2D eigenvalue weighted by molar-refractivity contribution is 5.57. The Morgan fingerprint density at radius 3 is 2.62 bits per heavy atom. The maximum absolute atomic E-state index is 10.8. The monoisotopic (exact) mass is 179 g/mol. The Bertz CT molecular complexity index is 200. The van der Waals surface area contributed by atoms with Gasteiger partial charge in [0.25, 0.3) is 0 Å². The lowest BCUT2D eigenvalue weighted by Crippen LogP contribution is -2.39. The van der Waals surface area contributed by atoms with Crippen LogP contribution in [0, 0.1) is 0 Å². The van der Waals surface area contributed by atoms with Crippen LogP contribution in [0.5, 0.6) is 0 Å². The third-order valence-electron chi connectivity index (χ3n) is 2.52. The molecule has 0 aromatic rings. The smallest absolute Gasteiger partial charge is 0.137 e. The van der Waals surface area contributed by atoms with Gasteiger partial charge in [-0.1, -0.05) is 13.0 Å². The number of hydrogen-bond donors (Lipinski definition) is 0. The molecule has 0 bridgehead atoms. The largest absolute Gasteiger partial charge is 0.302 e. The Balaban J connectivity index is 2.43. The molecule has 0 N–H and O–H groups in total. The Morgan fingerprint density at radius 1 is 1.38 bits per heavy atom. The molecule has 13 heavy (non-hydrogen) atoms. The van der Waals surface area contributed by atoms with Crippen LogP contribution in [0.1, 0.15) is 25.7 Å². The van der Waals surface area contributed by atoms with Crippen molar-refractivity contribution in [2.45, 2.75) is 31.7 Å². The Hall–Kier alpha value is -0.850. The fourth-order valence-electron chi connectivity index (χ4n) is 1.74. The van der Waals surface area contributed by atoms with E-state index in [2.05, 4.69) is 17.2 Å². The van der Waals surface area contributed by atoms with Crippen LogP contribution in [0.2, 0.25) is 0 Å². The summed E-state index contributed by atoms with van der Waals surface area (Å²) in [5, 5.41) is 0. The van der Waals surface area contributed by atoms with Gasteiger partial charge in [-0.15, -0.1) is 5.73 Å². The molecule has 0 amide bonds. The standard InChI is InChI=1S/C11H17NO/c1-2-3-7-11(10-13)12-8-5-4-6-9-12/h3,10-11H,1,4-9H2. The molecule has 1 fully saturated rings. The molecule has 72 valence electrons. The summed E-state index contributed by atoms with van der Waals surface area (Å²) in [6.07, 6.45) is 7.39. The van der Waals surface area contributed by atoms with E-state index < -0.39 is 0 Å². The summed E-state index contributed by atoms with van der Waals surface area (Å²) in [4.78, 5) is 13.1. The van der Waals surface area contributed by atoms with Gasteiger partial charge in [0.1, 0.15) is 6.29 Å². The van der Waals surface area contributed by atoms with Crippen molar-refractivity contribution in [3.05, 3.63) is 18.4 Å². The van der Waals surface area contributed by atoms with Gasteiger partial charge in [-0.25, -0.2) is 0 Å². The summed E-state index contributed by atoms with van der Waals surface area (Å²) in [6, 6.07) is 0.0505. The number of rotatable bonds is 4. The third-order valence-corrected chi connectivity index (χ3v) is 2.52. The molecule has 0 aromatic carbocycles. The predicted octanol–water partition coefficient (Wildman–Crippen LogP) is 1.77. The zero-order valence-electron chi connectivity index (χ0n) is 8.04. The topological polar surface area (TPSA) is 20.3 Å². The lowest BCUT2D eigenvalue weighted by atomic mass is 10.1. The van der Waals surface area contributed by atoms with E-state index in [4.69, 9.17) is 0 Å². The van der Waals surface area contributed by atoms with Crippen molar-refractivity contribution in [3.8, 4) is 0 Å². The number of hydrogen-bond acceptors (Lipinski definition) is 2. The molecule has 1 unspecified atom stereocenters. The van der Waals surface area contributed by atoms with Crippen LogP contribution >= 0.6 is 0 Å². The molecule has 1 aliphatic rings. The molecule has 0 aliphatic carbocycles. The molecular formula is C11H17NO.